The molecule has 0 radical (unpaired) electrons. The zero-order valence-corrected chi connectivity index (χ0v) is 12.4. The van der Waals surface area contributed by atoms with E-state index in [4.69, 9.17) is 11.6 Å². The second-order valence-electron chi connectivity index (χ2n) is 4.77. The molecule has 1 aliphatic rings. The number of rotatable bonds is 3. The topological polar surface area (TPSA) is 70.2 Å². The molecule has 0 aliphatic carbocycles. The largest absolute Gasteiger partial charge is 0.357 e. The van der Waals surface area contributed by atoms with E-state index in [1.807, 2.05) is 18.2 Å². The quantitative estimate of drug-likeness (QED) is 0.911. The Morgan fingerprint density at radius 2 is 2.19 bits per heavy atom. The number of hydrogen-bond donors (Lipinski definition) is 2. The Balaban J connectivity index is 2.01. The van der Waals surface area contributed by atoms with Gasteiger partial charge in [0.1, 0.15) is 5.02 Å². The highest BCUT2D eigenvalue weighted by Gasteiger charge is 2.27. The van der Waals surface area contributed by atoms with Crippen molar-refractivity contribution in [1.29, 1.82) is 0 Å². The number of benzene rings is 1. The summed E-state index contributed by atoms with van der Waals surface area (Å²) >= 11 is 6.11. The maximum absolute atomic E-state index is 12.2. The third-order valence-corrected chi connectivity index (χ3v) is 3.62. The van der Waals surface area contributed by atoms with Gasteiger partial charge in [-0.2, -0.15) is 4.98 Å². The SMILES string of the molecule is CNc1ncc(Cl)c(Nc2cccc3c2C(=O)N(C)C3)n1. The van der Waals surface area contributed by atoms with Crippen LogP contribution in [0.5, 0.6) is 0 Å². The standard InChI is InChI=1S/C14H14ClN5O/c1-16-14-17-6-9(15)12(19-14)18-10-5-3-4-8-7-20(2)13(21)11(8)10/h3-6H,7H2,1-2H3,(H2,16,17,18,19). The Labute approximate surface area is 127 Å². The molecule has 0 saturated heterocycles. The smallest absolute Gasteiger partial charge is 0.256 e. The van der Waals surface area contributed by atoms with Crippen molar-refractivity contribution in [2.24, 2.45) is 0 Å². The van der Waals surface area contributed by atoms with E-state index in [0.717, 1.165) is 5.56 Å². The van der Waals surface area contributed by atoms with Gasteiger partial charge in [-0.05, 0) is 11.6 Å². The van der Waals surface area contributed by atoms with E-state index in [1.165, 1.54) is 6.20 Å². The number of anilines is 3. The number of aromatic nitrogens is 2. The first-order valence-electron chi connectivity index (χ1n) is 6.45. The van der Waals surface area contributed by atoms with Gasteiger partial charge in [-0.3, -0.25) is 4.79 Å². The van der Waals surface area contributed by atoms with Gasteiger partial charge in [-0.25, -0.2) is 4.98 Å². The predicted molar refractivity (Wildman–Crippen MR) is 82.1 cm³/mol. The second kappa shape index (κ2) is 5.21. The average Bonchev–Trinajstić information content (AvgIpc) is 2.77. The van der Waals surface area contributed by atoms with Gasteiger partial charge in [0.15, 0.2) is 5.82 Å². The molecule has 1 amide bonds. The summed E-state index contributed by atoms with van der Waals surface area (Å²) in [5.74, 6) is 0.914. The molecule has 0 unspecified atom stereocenters. The average molecular weight is 304 g/mol. The first kappa shape index (κ1) is 13.6. The van der Waals surface area contributed by atoms with Crippen LogP contribution in [-0.2, 0) is 6.54 Å². The maximum atomic E-state index is 12.2. The van der Waals surface area contributed by atoms with Gasteiger partial charge in [0.05, 0.1) is 17.4 Å². The van der Waals surface area contributed by atoms with Crippen LogP contribution in [0.2, 0.25) is 5.02 Å². The molecule has 6 nitrogen and oxygen atoms in total. The van der Waals surface area contributed by atoms with Crippen LogP contribution in [0, 0.1) is 0 Å². The fourth-order valence-electron chi connectivity index (χ4n) is 2.31. The molecule has 7 heteroatoms. The Kier molecular flexibility index (Phi) is 3.39. The molecule has 108 valence electrons. The zero-order chi connectivity index (χ0) is 15.0. The monoisotopic (exact) mass is 303 g/mol. The number of halogens is 1. The molecule has 2 aromatic rings. The molecule has 1 aromatic heterocycles. The van der Waals surface area contributed by atoms with Crippen LogP contribution >= 0.6 is 11.6 Å². The van der Waals surface area contributed by atoms with Gasteiger partial charge in [-0.1, -0.05) is 23.7 Å². The minimum absolute atomic E-state index is 0.00730. The normalized spacial score (nSPS) is 13.3. The van der Waals surface area contributed by atoms with E-state index in [2.05, 4.69) is 20.6 Å². The second-order valence-corrected chi connectivity index (χ2v) is 5.17. The Morgan fingerprint density at radius 1 is 1.38 bits per heavy atom. The highest BCUT2D eigenvalue weighted by Crippen LogP contribution is 2.31. The summed E-state index contributed by atoms with van der Waals surface area (Å²) in [6.07, 6.45) is 1.51. The van der Waals surface area contributed by atoms with E-state index < -0.39 is 0 Å². The number of fused-ring (bicyclic) bond motifs is 1. The van der Waals surface area contributed by atoms with Gasteiger partial charge >= 0.3 is 0 Å². The van der Waals surface area contributed by atoms with Crippen LogP contribution in [-0.4, -0.2) is 34.9 Å². The Morgan fingerprint density at radius 3 is 2.95 bits per heavy atom. The number of hydrogen-bond acceptors (Lipinski definition) is 5. The van der Waals surface area contributed by atoms with Crippen LogP contribution in [0.3, 0.4) is 0 Å². The molecule has 0 fully saturated rings. The predicted octanol–water partition coefficient (Wildman–Crippen LogP) is 2.50. The van der Waals surface area contributed by atoms with Gasteiger partial charge in [-0.15, -0.1) is 0 Å². The van der Waals surface area contributed by atoms with E-state index >= 15 is 0 Å². The number of carbonyl (C=O) groups excluding carboxylic acids is 1. The lowest BCUT2D eigenvalue weighted by atomic mass is 10.1. The van der Waals surface area contributed by atoms with Crippen molar-refractivity contribution < 1.29 is 4.79 Å². The van der Waals surface area contributed by atoms with E-state index in [1.54, 1.807) is 19.0 Å². The Bertz CT molecular complexity index is 719. The first-order chi connectivity index (χ1) is 10.1. The van der Waals surface area contributed by atoms with Crippen LogP contribution in [0.4, 0.5) is 17.5 Å². The molecule has 0 saturated carbocycles. The molecule has 2 N–H and O–H groups in total. The fraction of sp³-hybridized carbons (Fsp3) is 0.214. The molecular formula is C14H14ClN5O. The molecule has 2 heterocycles. The third-order valence-electron chi connectivity index (χ3n) is 3.34. The van der Waals surface area contributed by atoms with Crippen LogP contribution in [0.25, 0.3) is 0 Å². The van der Waals surface area contributed by atoms with Crippen LogP contribution < -0.4 is 10.6 Å². The molecule has 0 bridgehead atoms. The zero-order valence-electron chi connectivity index (χ0n) is 11.6. The third kappa shape index (κ3) is 2.38. The summed E-state index contributed by atoms with van der Waals surface area (Å²) in [5, 5.41) is 6.37. The number of nitrogens with zero attached hydrogens (tertiary/aromatic N) is 3. The number of nitrogens with one attached hydrogen (secondary N) is 2. The molecule has 0 atom stereocenters. The Hall–Kier alpha value is -2.34. The maximum Gasteiger partial charge on any atom is 0.256 e. The van der Waals surface area contributed by atoms with Gasteiger partial charge in [0, 0.05) is 20.6 Å². The lowest BCUT2D eigenvalue weighted by Crippen LogP contribution is -2.18. The lowest BCUT2D eigenvalue weighted by Gasteiger charge is -2.11. The summed E-state index contributed by atoms with van der Waals surface area (Å²) in [6, 6.07) is 5.69. The molecule has 1 aromatic carbocycles. The minimum Gasteiger partial charge on any atom is -0.357 e. The van der Waals surface area contributed by atoms with Crippen molar-refractivity contribution in [1.82, 2.24) is 14.9 Å². The number of amides is 1. The summed E-state index contributed by atoms with van der Waals surface area (Å²) in [5.41, 5.74) is 2.36. The summed E-state index contributed by atoms with van der Waals surface area (Å²) < 4.78 is 0. The van der Waals surface area contributed by atoms with E-state index in [-0.39, 0.29) is 5.91 Å². The first-order valence-corrected chi connectivity index (χ1v) is 6.82. The van der Waals surface area contributed by atoms with E-state index in [9.17, 15) is 4.79 Å². The number of carbonyl (C=O) groups is 1. The lowest BCUT2D eigenvalue weighted by molar-refractivity contribution is 0.0817. The highest BCUT2D eigenvalue weighted by atomic mass is 35.5. The van der Waals surface area contributed by atoms with E-state index in [0.29, 0.717) is 34.6 Å². The van der Waals surface area contributed by atoms with Crippen molar-refractivity contribution in [2.45, 2.75) is 6.54 Å². The van der Waals surface area contributed by atoms with Crippen molar-refractivity contribution in [2.75, 3.05) is 24.7 Å². The molecular weight excluding hydrogens is 290 g/mol. The summed E-state index contributed by atoms with van der Waals surface area (Å²) in [4.78, 5) is 22.2. The highest BCUT2D eigenvalue weighted by molar-refractivity contribution is 6.33. The van der Waals surface area contributed by atoms with Crippen molar-refractivity contribution >= 4 is 35.0 Å². The van der Waals surface area contributed by atoms with Crippen LogP contribution in [0.15, 0.2) is 24.4 Å². The summed E-state index contributed by atoms with van der Waals surface area (Å²) in [7, 11) is 3.51. The molecule has 0 spiro atoms. The van der Waals surface area contributed by atoms with Gasteiger partial charge in [0.25, 0.3) is 5.91 Å². The molecule has 21 heavy (non-hydrogen) atoms. The van der Waals surface area contributed by atoms with Crippen molar-refractivity contribution in [3.63, 3.8) is 0 Å². The molecule has 1 aliphatic heterocycles. The van der Waals surface area contributed by atoms with Crippen LogP contribution in [0.1, 0.15) is 15.9 Å². The fourth-order valence-corrected chi connectivity index (χ4v) is 2.45. The minimum atomic E-state index is -0.00730. The summed E-state index contributed by atoms with van der Waals surface area (Å²) in [6.45, 7) is 0.614. The van der Waals surface area contributed by atoms with Gasteiger partial charge < -0.3 is 15.5 Å². The van der Waals surface area contributed by atoms with Gasteiger partial charge in [0.2, 0.25) is 5.95 Å². The molecule has 3 rings (SSSR count). The van der Waals surface area contributed by atoms with Crippen molar-refractivity contribution in [3.05, 3.63) is 40.5 Å². The van der Waals surface area contributed by atoms with Crippen molar-refractivity contribution in [3.8, 4) is 0 Å².